The highest BCUT2D eigenvalue weighted by molar-refractivity contribution is 5.78. The van der Waals surface area contributed by atoms with Gasteiger partial charge in [-0.3, -0.25) is 4.79 Å². The molecule has 2 fully saturated rings. The van der Waals surface area contributed by atoms with E-state index in [2.05, 4.69) is 26.8 Å². The Labute approximate surface area is 138 Å². The number of aromatic nitrogens is 2. The summed E-state index contributed by atoms with van der Waals surface area (Å²) >= 11 is 0. The summed E-state index contributed by atoms with van der Waals surface area (Å²) < 4.78 is 0. The van der Waals surface area contributed by atoms with Gasteiger partial charge in [0.1, 0.15) is 12.1 Å². The molecule has 3 rings (SSSR count). The molecule has 1 amide bonds. The Morgan fingerprint density at radius 3 is 2.61 bits per heavy atom. The summed E-state index contributed by atoms with van der Waals surface area (Å²) in [5.41, 5.74) is 1.01. The van der Waals surface area contributed by atoms with E-state index in [1.807, 2.05) is 24.9 Å². The van der Waals surface area contributed by atoms with Crippen molar-refractivity contribution in [2.24, 2.45) is 0 Å². The fraction of sp³-hybridized carbons (Fsp3) is 0.706. The molecule has 6 nitrogen and oxygen atoms in total. The number of aryl methyl sites for hydroxylation is 1. The first kappa shape index (κ1) is 16.2. The fourth-order valence-corrected chi connectivity index (χ4v) is 3.69. The smallest absolute Gasteiger partial charge is 0.222 e. The summed E-state index contributed by atoms with van der Waals surface area (Å²) in [7, 11) is 4.07. The predicted molar refractivity (Wildman–Crippen MR) is 90.4 cm³/mol. The molecule has 0 N–H and O–H groups in total. The molecule has 0 saturated carbocycles. The van der Waals surface area contributed by atoms with Gasteiger partial charge in [0.25, 0.3) is 0 Å². The van der Waals surface area contributed by atoms with Gasteiger partial charge in [0.05, 0.1) is 0 Å². The number of hydrogen-bond acceptors (Lipinski definition) is 5. The first-order valence-electron chi connectivity index (χ1n) is 8.54. The highest BCUT2D eigenvalue weighted by atomic mass is 16.2. The molecule has 0 radical (unpaired) electrons. The van der Waals surface area contributed by atoms with E-state index in [0.717, 1.165) is 50.4 Å². The van der Waals surface area contributed by atoms with Crippen LogP contribution in [0.3, 0.4) is 0 Å². The van der Waals surface area contributed by atoms with Crippen LogP contribution in [0.15, 0.2) is 12.4 Å². The number of carbonyl (C=O) groups excluding carboxylic acids is 1. The second-order valence-electron chi connectivity index (χ2n) is 6.86. The standard InChI is InChI=1S/C17H27N5O/c1-13-10-16(19-12-18-13)20(2)14-6-8-22(9-7-14)11-15-4-5-17(23)21(15)3/h10,12,14-15H,4-9,11H2,1-3H3. The number of likely N-dealkylation sites (N-methyl/N-ethyl adjacent to an activating group) is 1. The van der Waals surface area contributed by atoms with E-state index in [-0.39, 0.29) is 0 Å². The van der Waals surface area contributed by atoms with E-state index in [0.29, 0.717) is 24.4 Å². The Hall–Kier alpha value is -1.69. The van der Waals surface area contributed by atoms with Crippen molar-refractivity contribution in [3.63, 3.8) is 0 Å². The lowest BCUT2D eigenvalue weighted by molar-refractivity contribution is -0.127. The van der Waals surface area contributed by atoms with Gasteiger partial charge in [0.2, 0.25) is 5.91 Å². The molecule has 6 heteroatoms. The Bertz CT molecular complexity index is 556. The van der Waals surface area contributed by atoms with Crippen LogP contribution in [0.25, 0.3) is 0 Å². The lowest BCUT2D eigenvalue weighted by Gasteiger charge is -2.38. The van der Waals surface area contributed by atoms with Crippen molar-refractivity contribution in [2.75, 3.05) is 38.6 Å². The minimum atomic E-state index is 0.295. The SMILES string of the molecule is Cc1cc(N(C)C2CCN(CC3CCC(=O)N3C)CC2)ncn1. The maximum atomic E-state index is 11.6. The van der Waals surface area contributed by atoms with Crippen molar-refractivity contribution in [3.8, 4) is 0 Å². The summed E-state index contributed by atoms with van der Waals surface area (Å²) in [6.45, 7) is 5.21. The molecule has 2 aliphatic heterocycles. The predicted octanol–water partition coefficient (Wildman–Crippen LogP) is 1.31. The van der Waals surface area contributed by atoms with Gasteiger partial charge in [-0.25, -0.2) is 9.97 Å². The molecule has 1 aromatic rings. The van der Waals surface area contributed by atoms with Crippen molar-refractivity contribution in [3.05, 3.63) is 18.1 Å². The molecule has 3 heterocycles. The number of rotatable bonds is 4. The monoisotopic (exact) mass is 317 g/mol. The van der Waals surface area contributed by atoms with E-state index in [9.17, 15) is 4.79 Å². The summed E-state index contributed by atoms with van der Waals surface area (Å²) in [5.74, 6) is 1.31. The number of carbonyl (C=O) groups is 1. The van der Waals surface area contributed by atoms with Crippen LogP contribution in [0.2, 0.25) is 0 Å². The van der Waals surface area contributed by atoms with Gasteiger partial charge in [-0.2, -0.15) is 0 Å². The van der Waals surface area contributed by atoms with Crippen molar-refractivity contribution in [1.29, 1.82) is 0 Å². The number of piperidine rings is 1. The maximum absolute atomic E-state index is 11.6. The van der Waals surface area contributed by atoms with Crippen LogP contribution >= 0.6 is 0 Å². The van der Waals surface area contributed by atoms with Crippen LogP contribution in [-0.4, -0.2) is 71.5 Å². The summed E-state index contributed by atoms with van der Waals surface area (Å²) in [6, 6.07) is 2.98. The van der Waals surface area contributed by atoms with Crippen molar-refractivity contribution >= 4 is 11.7 Å². The van der Waals surface area contributed by atoms with E-state index in [4.69, 9.17) is 0 Å². The first-order valence-corrected chi connectivity index (χ1v) is 8.54. The van der Waals surface area contributed by atoms with Crippen LogP contribution in [0.4, 0.5) is 5.82 Å². The molecule has 126 valence electrons. The van der Waals surface area contributed by atoms with Gasteiger partial charge < -0.3 is 14.7 Å². The number of anilines is 1. The van der Waals surface area contributed by atoms with E-state index in [1.165, 1.54) is 0 Å². The zero-order valence-electron chi connectivity index (χ0n) is 14.4. The van der Waals surface area contributed by atoms with Crippen LogP contribution < -0.4 is 4.90 Å². The molecule has 0 spiro atoms. The lowest BCUT2D eigenvalue weighted by Crippen LogP contribution is -2.47. The van der Waals surface area contributed by atoms with Crippen LogP contribution in [0.5, 0.6) is 0 Å². The van der Waals surface area contributed by atoms with Crippen molar-refractivity contribution < 1.29 is 4.79 Å². The van der Waals surface area contributed by atoms with E-state index >= 15 is 0 Å². The maximum Gasteiger partial charge on any atom is 0.222 e. The van der Waals surface area contributed by atoms with Crippen molar-refractivity contribution in [2.45, 2.75) is 44.7 Å². The third-order valence-corrected chi connectivity index (χ3v) is 5.36. The van der Waals surface area contributed by atoms with E-state index < -0.39 is 0 Å². The Kier molecular flexibility index (Phi) is 4.80. The third-order valence-electron chi connectivity index (χ3n) is 5.36. The molecular formula is C17H27N5O. The molecule has 2 saturated heterocycles. The second kappa shape index (κ2) is 6.83. The molecule has 2 aliphatic rings. The summed E-state index contributed by atoms with van der Waals surface area (Å²) in [5, 5.41) is 0. The quantitative estimate of drug-likeness (QED) is 0.838. The molecule has 23 heavy (non-hydrogen) atoms. The fourth-order valence-electron chi connectivity index (χ4n) is 3.69. The molecule has 1 atom stereocenters. The minimum absolute atomic E-state index is 0.295. The highest BCUT2D eigenvalue weighted by Crippen LogP contribution is 2.23. The molecule has 0 aliphatic carbocycles. The summed E-state index contributed by atoms with van der Waals surface area (Å²) in [6.07, 6.45) is 5.65. The third kappa shape index (κ3) is 3.63. The summed E-state index contributed by atoms with van der Waals surface area (Å²) in [4.78, 5) is 26.9. The molecule has 0 bridgehead atoms. The largest absolute Gasteiger partial charge is 0.356 e. The Morgan fingerprint density at radius 1 is 1.26 bits per heavy atom. The normalized spacial score (nSPS) is 23.5. The minimum Gasteiger partial charge on any atom is -0.356 e. The number of hydrogen-bond donors (Lipinski definition) is 0. The molecule has 1 aromatic heterocycles. The molecular weight excluding hydrogens is 290 g/mol. The zero-order valence-corrected chi connectivity index (χ0v) is 14.4. The Balaban J connectivity index is 1.51. The number of likely N-dealkylation sites (tertiary alicyclic amines) is 2. The zero-order chi connectivity index (χ0) is 16.4. The van der Waals surface area contributed by atoms with Crippen LogP contribution in [-0.2, 0) is 4.79 Å². The van der Waals surface area contributed by atoms with Gasteiger partial charge in [0.15, 0.2) is 0 Å². The van der Waals surface area contributed by atoms with Crippen LogP contribution in [0.1, 0.15) is 31.4 Å². The van der Waals surface area contributed by atoms with Gasteiger partial charge in [-0.1, -0.05) is 0 Å². The average molecular weight is 317 g/mol. The van der Waals surface area contributed by atoms with Crippen LogP contribution in [0, 0.1) is 6.92 Å². The van der Waals surface area contributed by atoms with Gasteiger partial charge >= 0.3 is 0 Å². The topological polar surface area (TPSA) is 52.6 Å². The first-order chi connectivity index (χ1) is 11.0. The van der Waals surface area contributed by atoms with Gasteiger partial charge in [0, 0.05) is 64.0 Å². The Morgan fingerprint density at radius 2 is 2.00 bits per heavy atom. The molecule has 0 aromatic carbocycles. The van der Waals surface area contributed by atoms with Gasteiger partial charge in [-0.05, 0) is 26.2 Å². The van der Waals surface area contributed by atoms with Crippen molar-refractivity contribution in [1.82, 2.24) is 19.8 Å². The van der Waals surface area contributed by atoms with Gasteiger partial charge in [-0.15, -0.1) is 0 Å². The number of amides is 1. The molecule has 1 unspecified atom stereocenters. The lowest BCUT2D eigenvalue weighted by atomic mass is 10.0. The average Bonchev–Trinajstić information content (AvgIpc) is 2.87. The van der Waals surface area contributed by atoms with E-state index in [1.54, 1.807) is 6.33 Å². The second-order valence-corrected chi connectivity index (χ2v) is 6.86. The highest BCUT2D eigenvalue weighted by Gasteiger charge is 2.31. The number of nitrogens with zero attached hydrogens (tertiary/aromatic N) is 5.